The standard InChI is InChI=1S/C15H18BrNO3/c1-19-13-7-14(20-2)12(6-11(13)16)17-15(18)10-5-9(10)8-3-4-8/h6-10H,3-5H2,1-2H3,(H,17,18). The third kappa shape index (κ3) is 2.64. The number of carbonyl (C=O) groups excluding carboxylic acids is 1. The quantitative estimate of drug-likeness (QED) is 0.893. The second-order valence-electron chi connectivity index (χ2n) is 5.52. The van der Waals surface area contributed by atoms with Gasteiger partial charge in [0.15, 0.2) is 0 Å². The minimum atomic E-state index is 0.109. The molecule has 1 amide bonds. The van der Waals surface area contributed by atoms with E-state index in [0.717, 1.165) is 16.8 Å². The molecule has 5 heteroatoms. The molecule has 1 aromatic rings. The Bertz CT molecular complexity index is 542. The van der Waals surface area contributed by atoms with Crippen molar-refractivity contribution in [3.05, 3.63) is 16.6 Å². The van der Waals surface area contributed by atoms with E-state index >= 15 is 0 Å². The van der Waals surface area contributed by atoms with Crippen molar-refractivity contribution in [1.82, 2.24) is 0 Å². The zero-order valence-electron chi connectivity index (χ0n) is 11.6. The van der Waals surface area contributed by atoms with Crippen molar-refractivity contribution in [1.29, 1.82) is 0 Å². The first kappa shape index (κ1) is 13.7. The van der Waals surface area contributed by atoms with E-state index in [-0.39, 0.29) is 11.8 Å². The van der Waals surface area contributed by atoms with Crippen LogP contribution in [0.2, 0.25) is 0 Å². The topological polar surface area (TPSA) is 47.6 Å². The average Bonchev–Trinajstić information content (AvgIpc) is 3.28. The maximum absolute atomic E-state index is 12.2. The van der Waals surface area contributed by atoms with E-state index in [1.807, 2.05) is 6.07 Å². The van der Waals surface area contributed by atoms with Gasteiger partial charge in [-0.25, -0.2) is 0 Å². The van der Waals surface area contributed by atoms with Gasteiger partial charge in [-0.3, -0.25) is 4.79 Å². The summed E-state index contributed by atoms with van der Waals surface area (Å²) in [5, 5.41) is 2.98. The number of methoxy groups -OCH3 is 2. The predicted molar refractivity (Wildman–Crippen MR) is 80.2 cm³/mol. The molecule has 2 atom stereocenters. The summed E-state index contributed by atoms with van der Waals surface area (Å²) < 4.78 is 11.3. The van der Waals surface area contributed by atoms with Crippen molar-refractivity contribution in [2.75, 3.05) is 19.5 Å². The second-order valence-corrected chi connectivity index (χ2v) is 6.37. The molecule has 0 bridgehead atoms. The molecule has 0 aromatic heterocycles. The lowest BCUT2D eigenvalue weighted by Crippen LogP contribution is -2.15. The molecule has 2 fully saturated rings. The SMILES string of the molecule is COc1cc(OC)c(NC(=O)C2CC2C2CC2)cc1Br. The van der Waals surface area contributed by atoms with Gasteiger partial charge in [0, 0.05) is 12.0 Å². The summed E-state index contributed by atoms with van der Waals surface area (Å²) >= 11 is 3.43. The van der Waals surface area contributed by atoms with E-state index in [2.05, 4.69) is 21.2 Å². The van der Waals surface area contributed by atoms with E-state index in [1.54, 1.807) is 20.3 Å². The molecule has 4 nitrogen and oxygen atoms in total. The van der Waals surface area contributed by atoms with Gasteiger partial charge in [0.25, 0.3) is 0 Å². The summed E-state index contributed by atoms with van der Waals surface area (Å²) in [5.74, 6) is 3.01. The van der Waals surface area contributed by atoms with Gasteiger partial charge in [-0.1, -0.05) is 0 Å². The Morgan fingerprint density at radius 2 is 1.95 bits per heavy atom. The Balaban J connectivity index is 1.73. The zero-order valence-corrected chi connectivity index (χ0v) is 13.2. The molecular weight excluding hydrogens is 322 g/mol. The van der Waals surface area contributed by atoms with Gasteiger partial charge in [-0.05, 0) is 53.1 Å². The lowest BCUT2D eigenvalue weighted by Gasteiger charge is -2.13. The number of anilines is 1. The summed E-state index contributed by atoms with van der Waals surface area (Å²) in [6, 6.07) is 3.59. The Labute approximate surface area is 127 Å². The lowest BCUT2D eigenvalue weighted by atomic mass is 10.2. The van der Waals surface area contributed by atoms with Gasteiger partial charge in [-0.2, -0.15) is 0 Å². The molecule has 0 saturated heterocycles. The summed E-state index contributed by atoms with van der Waals surface area (Å²) in [4.78, 5) is 12.2. The predicted octanol–water partition coefficient (Wildman–Crippen LogP) is 3.45. The summed E-state index contributed by atoms with van der Waals surface area (Å²) in [6.45, 7) is 0. The van der Waals surface area contributed by atoms with Crippen LogP contribution in [0.3, 0.4) is 0 Å². The van der Waals surface area contributed by atoms with Crippen LogP contribution in [0, 0.1) is 17.8 Å². The molecule has 0 radical (unpaired) electrons. The molecule has 20 heavy (non-hydrogen) atoms. The van der Waals surface area contributed by atoms with Gasteiger partial charge < -0.3 is 14.8 Å². The minimum absolute atomic E-state index is 0.109. The fourth-order valence-electron chi connectivity index (χ4n) is 2.74. The van der Waals surface area contributed by atoms with Crippen LogP contribution in [0.4, 0.5) is 5.69 Å². The van der Waals surface area contributed by atoms with Crippen molar-refractivity contribution in [2.24, 2.45) is 17.8 Å². The van der Waals surface area contributed by atoms with Crippen molar-refractivity contribution in [3.8, 4) is 11.5 Å². The first-order valence-electron chi connectivity index (χ1n) is 6.86. The Kier molecular flexibility index (Phi) is 3.63. The average molecular weight is 340 g/mol. The minimum Gasteiger partial charge on any atom is -0.495 e. The zero-order chi connectivity index (χ0) is 14.3. The van der Waals surface area contributed by atoms with Crippen LogP contribution in [0.15, 0.2) is 16.6 Å². The highest BCUT2D eigenvalue weighted by atomic mass is 79.9. The third-order valence-electron chi connectivity index (χ3n) is 4.14. The second kappa shape index (κ2) is 5.28. The largest absolute Gasteiger partial charge is 0.495 e. The molecule has 108 valence electrons. The molecule has 2 unspecified atom stereocenters. The van der Waals surface area contributed by atoms with E-state index in [0.29, 0.717) is 23.1 Å². The van der Waals surface area contributed by atoms with E-state index in [9.17, 15) is 4.79 Å². The van der Waals surface area contributed by atoms with Crippen LogP contribution in [-0.2, 0) is 4.79 Å². The van der Waals surface area contributed by atoms with Gasteiger partial charge in [0.05, 0.1) is 24.4 Å². The van der Waals surface area contributed by atoms with Crippen LogP contribution in [0.25, 0.3) is 0 Å². The maximum atomic E-state index is 12.2. The van der Waals surface area contributed by atoms with Crippen LogP contribution in [0.1, 0.15) is 19.3 Å². The van der Waals surface area contributed by atoms with Crippen LogP contribution in [-0.4, -0.2) is 20.1 Å². The molecule has 0 spiro atoms. The lowest BCUT2D eigenvalue weighted by molar-refractivity contribution is -0.117. The van der Waals surface area contributed by atoms with Gasteiger partial charge in [-0.15, -0.1) is 0 Å². The molecule has 0 aliphatic heterocycles. The molecule has 1 aromatic carbocycles. The van der Waals surface area contributed by atoms with E-state index in [4.69, 9.17) is 9.47 Å². The molecule has 1 N–H and O–H groups in total. The number of nitrogens with one attached hydrogen (secondary N) is 1. The van der Waals surface area contributed by atoms with Crippen LogP contribution < -0.4 is 14.8 Å². The van der Waals surface area contributed by atoms with Crippen LogP contribution in [0.5, 0.6) is 11.5 Å². The van der Waals surface area contributed by atoms with Gasteiger partial charge in [0.2, 0.25) is 5.91 Å². The summed E-state index contributed by atoms with van der Waals surface area (Å²) in [5.41, 5.74) is 0.687. The normalized spacial score (nSPS) is 24.1. The monoisotopic (exact) mass is 339 g/mol. The first-order chi connectivity index (χ1) is 9.63. The van der Waals surface area contributed by atoms with Crippen molar-refractivity contribution in [3.63, 3.8) is 0 Å². The van der Waals surface area contributed by atoms with Crippen molar-refractivity contribution >= 4 is 27.5 Å². The van der Waals surface area contributed by atoms with E-state index < -0.39 is 0 Å². The van der Waals surface area contributed by atoms with Crippen molar-refractivity contribution < 1.29 is 14.3 Å². The van der Waals surface area contributed by atoms with Crippen LogP contribution >= 0.6 is 15.9 Å². The Morgan fingerprint density at radius 3 is 2.55 bits per heavy atom. The highest BCUT2D eigenvalue weighted by Gasteiger charge is 2.51. The number of amides is 1. The number of hydrogen-bond acceptors (Lipinski definition) is 3. The highest BCUT2D eigenvalue weighted by molar-refractivity contribution is 9.10. The van der Waals surface area contributed by atoms with E-state index in [1.165, 1.54) is 12.8 Å². The molecule has 2 aliphatic carbocycles. The maximum Gasteiger partial charge on any atom is 0.227 e. The molecule has 3 rings (SSSR count). The number of rotatable bonds is 5. The number of benzene rings is 1. The first-order valence-corrected chi connectivity index (χ1v) is 7.65. The molecule has 0 heterocycles. The molecule has 2 saturated carbocycles. The molecule has 2 aliphatic rings. The third-order valence-corrected chi connectivity index (χ3v) is 4.76. The number of halogens is 1. The number of hydrogen-bond donors (Lipinski definition) is 1. The van der Waals surface area contributed by atoms with Gasteiger partial charge >= 0.3 is 0 Å². The smallest absolute Gasteiger partial charge is 0.227 e. The fraction of sp³-hybridized carbons (Fsp3) is 0.533. The summed E-state index contributed by atoms with van der Waals surface area (Å²) in [6.07, 6.45) is 3.63. The Hall–Kier alpha value is -1.23. The Morgan fingerprint density at radius 1 is 1.25 bits per heavy atom. The number of ether oxygens (including phenoxy) is 2. The summed E-state index contributed by atoms with van der Waals surface area (Å²) in [7, 11) is 3.19. The molecular formula is C15H18BrNO3. The fourth-order valence-corrected chi connectivity index (χ4v) is 3.25. The highest BCUT2D eigenvalue weighted by Crippen LogP contribution is 2.54. The van der Waals surface area contributed by atoms with Crippen molar-refractivity contribution in [2.45, 2.75) is 19.3 Å². The van der Waals surface area contributed by atoms with Gasteiger partial charge in [0.1, 0.15) is 11.5 Å². The number of carbonyl (C=O) groups is 1.